The summed E-state index contributed by atoms with van der Waals surface area (Å²) in [6.45, 7) is 5.28. The van der Waals surface area contributed by atoms with Crippen LogP contribution in [0.3, 0.4) is 0 Å². The quantitative estimate of drug-likeness (QED) is 0.709. The van der Waals surface area contributed by atoms with Crippen LogP contribution in [0.1, 0.15) is 25.3 Å². The molecule has 2 N–H and O–H groups in total. The van der Waals surface area contributed by atoms with Crippen molar-refractivity contribution >= 4 is 23.1 Å². The zero-order chi connectivity index (χ0) is 15.7. The molecule has 0 aliphatic rings. The smallest absolute Gasteiger partial charge is 0.223 e. The third-order valence-corrected chi connectivity index (χ3v) is 3.66. The molecule has 0 aliphatic carbocycles. The van der Waals surface area contributed by atoms with Gasteiger partial charge in [-0.05, 0) is 12.1 Å². The molecule has 1 rings (SSSR count). The van der Waals surface area contributed by atoms with Crippen LogP contribution >= 0.6 is 12.2 Å². The lowest BCUT2D eigenvalue weighted by Gasteiger charge is -2.22. The maximum atomic E-state index is 12.0. The number of rotatable bonds is 9. The van der Waals surface area contributed by atoms with Crippen LogP contribution < -0.4 is 5.73 Å². The standard InChI is InChI=1S/C16H25N3OS/c1-3-19(13-14-7-5-4-6-8-14)12-10-16(20)18(2)11-9-15(17)21/h4-8H,3,9-13H2,1-2H3,(H2,17,21). The van der Waals surface area contributed by atoms with Gasteiger partial charge < -0.3 is 10.6 Å². The van der Waals surface area contributed by atoms with Crippen molar-refractivity contribution in [1.29, 1.82) is 0 Å². The molecule has 0 saturated heterocycles. The Morgan fingerprint density at radius 2 is 1.86 bits per heavy atom. The second kappa shape index (κ2) is 9.47. The molecule has 1 amide bonds. The van der Waals surface area contributed by atoms with Crippen molar-refractivity contribution in [2.45, 2.75) is 26.3 Å². The third-order valence-electron chi connectivity index (χ3n) is 3.46. The normalized spacial score (nSPS) is 10.6. The Balaban J connectivity index is 2.37. The number of amides is 1. The summed E-state index contributed by atoms with van der Waals surface area (Å²) < 4.78 is 0. The molecule has 4 nitrogen and oxygen atoms in total. The van der Waals surface area contributed by atoms with Gasteiger partial charge in [-0.15, -0.1) is 0 Å². The Labute approximate surface area is 132 Å². The summed E-state index contributed by atoms with van der Waals surface area (Å²) in [6.07, 6.45) is 1.10. The van der Waals surface area contributed by atoms with Crippen LogP contribution in [0.2, 0.25) is 0 Å². The van der Waals surface area contributed by atoms with Gasteiger partial charge in [0.15, 0.2) is 0 Å². The highest BCUT2D eigenvalue weighted by Gasteiger charge is 2.11. The molecule has 0 unspecified atom stereocenters. The molecule has 21 heavy (non-hydrogen) atoms. The summed E-state index contributed by atoms with van der Waals surface area (Å²) in [5, 5.41) is 0. The van der Waals surface area contributed by atoms with E-state index in [1.54, 1.807) is 11.9 Å². The molecule has 5 heteroatoms. The van der Waals surface area contributed by atoms with Crippen LogP contribution in [0.5, 0.6) is 0 Å². The highest BCUT2D eigenvalue weighted by molar-refractivity contribution is 7.80. The van der Waals surface area contributed by atoms with E-state index in [9.17, 15) is 4.79 Å². The predicted molar refractivity (Wildman–Crippen MR) is 91.0 cm³/mol. The lowest BCUT2D eigenvalue weighted by Crippen LogP contribution is -2.33. The summed E-state index contributed by atoms with van der Waals surface area (Å²) in [5.74, 6) is 0.137. The Morgan fingerprint density at radius 1 is 1.19 bits per heavy atom. The zero-order valence-electron chi connectivity index (χ0n) is 12.9. The van der Waals surface area contributed by atoms with Crippen molar-refractivity contribution < 1.29 is 4.79 Å². The first-order valence-electron chi connectivity index (χ1n) is 7.31. The first-order valence-corrected chi connectivity index (χ1v) is 7.72. The molecule has 0 heterocycles. The topological polar surface area (TPSA) is 49.6 Å². The van der Waals surface area contributed by atoms with E-state index in [0.717, 1.165) is 19.6 Å². The Kier molecular flexibility index (Phi) is 7.93. The lowest BCUT2D eigenvalue weighted by molar-refractivity contribution is -0.130. The molecular weight excluding hydrogens is 282 g/mol. The van der Waals surface area contributed by atoms with Crippen molar-refractivity contribution in [3.63, 3.8) is 0 Å². The zero-order valence-corrected chi connectivity index (χ0v) is 13.7. The minimum Gasteiger partial charge on any atom is -0.393 e. The van der Waals surface area contributed by atoms with Crippen LogP contribution in [0.4, 0.5) is 0 Å². The van der Waals surface area contributed by atoms with Crippen molar-refractivity contribution in [3.8, 4) is 0 Å². The number of carbonyl (C=O) groups excluding carboxylic acids is 1. The monoisotopic (exact) mass is 307 g/mol. The molecule has 0 atom stereocenters. The highest BCUT2D eigenvalue weighted by atomic mass is 32.1. The molecule has 0 aliphatic heterocycles. The van der Waals surface area contributed by atoms with Crippen LogP contribution in [-0.2, 0) is 11.3 Å². The second-order valence-electron chi connectivity index (χ2n) is 5.14. The van der Waals surface area contributed by atoms with E-state index in [1.807, 2.05) is 18.2 Å². The summed E-state index contributed by atoms with van der Waals surface area (Å²) >= 11 is 4.83. The number of thiocarbonyl (C=S) groups is 1. The van der Waals surface area contributed by atoms with Gasteiger partial charge in [-0.3, -0.25) is 9.69 Å². The molecule has 0 fully saturated rings. The molecule has 0 bridgehead atoms. The van der Waals surface area contributed by atoms with E-state index in [-0.39, 0.29) is 5.91 Å². The van der Waals surface area contributed by atoms with Gasteiger partial charge in [0.05, 0.1) is 4.99 Å². The predicted octanol–water partition coefficient (Wildman–Crippen LogP) is 2.03. The molecular formula is C16H25N3OS. The highest BCUT2D eigenvalue weighted by Crippen LogP contribution is 2.05. The van der Waals surface area contributed by atoms with E-state index >= 15 is 0 Å². The fourth-order valence-electron chi connectivity index (χ4n) is 2.04. The maximum Gasteiger partial charge on any atom is 0.223 e. The average Bonchev–Trinajstić information content (AvgIpc) is 2.49. The first kappa shape index (κ1) is 17.6. The van der Waals surface area contributed by atoms with Crippen LogP contribution in [-0.4, -0.2) is 47.4 Å². The number of benzene rings is 1. The Morgan fingerprint density at radius 3 is 2.43 bits per heavy atom. The number of hydrogen-bond acceptors (Lipinski definition) is 3. The molecule has 1 aromatic carbocycles. The Bertz CT molecular complexity index is 450. The molecule has 0 aromatic heterocycles. The van der Waals surface area contributed by atoms with Crippen LogP contribution in [0, 0.1) is 0 Å². The molecule has 116 valence electrons. The van der Waals surface area contributed by atoms with E-state index in [4.69, 9.17) is 18.0 Å². The number of carbonyl (C=O) groups is 1. The van der Waals surface area contributed by atoms with Gasteiger partial charge in [0.1, 0.15) is 0 Å². The van der Waals surface area contributed by atoms with Gasteiger partial charge in [0, 0.05) is 39.5 Å². The van der Waals surface area contributed by atoms with Crippen LogP contribution in [0.25, 0.3) is 0 Å². The average molecular weight is 307 g/mol. The fraction of sp³-hybridized carbons (Fsp3) is 0.500. The minimum atomic E-state index is 0.137. The second-order valence-corrected chi connectivity index (χ2v) is 5.66. The largest absolute Gasteiger partial charge is 0.393 e. The molecule has 0 saturated carbocycles. The Hall–Kier alpha value is -1.46. The van der Waals surface area contributed by atoms with Gasteiger partial charge in [-0.2, -0.15) is 0 Å². The van der Waals surface area contributed by atoms with Gasteiger partial charge in [-0.25, -0.2) is 0 Å². The van der Waals surface area contributed by atoms with Gasteiger partial charge in [-0.1, -0.05) is 49.5 Å². The summed E-state index contributed by atoms with van der Waals surface area (Å²) in [7, 11) is 1.80. The third kappa shape index (κ3) is 7.20. The minimum absolute atomic E-state index is 0.137. The van der Waals surface area contributed by atoms with Gasteiger partial charge in [0.25, 0.3) is 0 Å². The van der Waals surface area contributed by atoms with Crippen molar-refractivity contribution in [1.82, 2.24) is 9.80 Å². The van der Waals surface area contributed by atoms with Gasteiger partial charge in [0.2, 0.25) is 5.91 Å². The van der Waals surface area contributed by atoms with Crippen LogP contribution in [0.15, 0.2) is 30.3 Å². The number of hydrogen-bond donors (Lipinski definition) is 1. The lowest BCUT2D eigenvalue weighted by atomic mass is 10.2. The van der Waals surface area contributed by atoms with Crippen molar-refractivity contribution in [2.75, 3.05) is 26.7 Å². The molecule has 0 spiro atoms. The van der Waals surface area contributed by atoms with Crippen molar-refractivity contribution in [2.24, 2.45) is 5.73 Å². The van der Waals surface area contributed by atoms with Crippen molar-refractivity contribution in [3.05, 3.63) is 35.9 Å². The van der Waals surface area contributed by atoms with E-state index < -0.39 is 0 Å². The van der Waals surface area contributed by atoms with E-state index in [2.05, 4.69) is 24.0 Å². The summed E-state index contributed by atoms with van der Waals surface area (Å²) in [4.78, 5) is 16.5. The number of nitrogens with two attached hydrogens (primary N) is 1. The maximum absolute atomic E-state index is 12.0. The van der Waals surface area contributed by atoms with E-state index in [1.165, 1.54) is 5.56 Å². The summed E-state index contributed by atoms with van der Waals surface area (Å²) in [6, 6.07) is 10.3. The van der Waals surface area contributed by atoms with Gasteiger partial charge >= 0.3 is 0 Å². The van der Waals surface area contributed by atoms with E-state index in [0.29, 0.717) is 24.4 Å². The first-order chi connectivity index (χ1) is 10.0. The fourth-order valence-corrected chi connectivity index (χ4v) is 2.13. The summed E-state index contributed by atoms with van der Waals surface area (Å²) in [5.41, 5.74) is 6.73. The molecule has 0 radical (unpaired) electrons. The SMILES string of the molecule is CCN(CCC(=O)N(C)CCC(N)=S)Cc1ccccc1. The number of nitrogens with zero attached hydrogens (tertiary/aromatic N) is 2. The molecule has 1 aromatic rings.